The Morgan fingerprint density at radius 3 is 2.52 bits per heavy atom. The third-order valence-electron chi connectivity index (χ3n) is 5.72. The maximum Gasteiger partial charge on any atom is 0.253 e. The van der Waals surface area contributed by atoms with Crippen LogP contribution in [-0.4, -0.2) is 45.9 Å². The summed E-state index contributed by atoms with van der Waals surface area (Å²) in [5.41, 5.74) is 0.945. The number of sulfonamides is 1. The Labute approximate surface area is 193 Å². The number of ether oxygens (including phenoxy) is 2. The molecule has 0 spiro atoms. The van der Waals surface area contributed by atoms with E-state index in [1.165, 1.54) is 12.5 Å². The van der Waals surface area contributed by atoms with Gasteiger partial charge in [-0.2, -0.15) is 0 Å². The molecule has 1 saturated carbocycles. The number of carbonyl (C=O) groups is 2. The number of hydrogen-bond acceptors (Lipinski definition) is 6. The molecule has 1 heterocycles. The van der Waals surface area contributed by atoms with Gasteiger partial charge in [-0.05, 0) is 37.1 Å². The van der Waals surface area contributed by atoms with Crippen molar-refractivity contribution in [3.8, 4) is 11.5 Å². The molecule has 0 bridgehead atoms. The minimum absolute atomic E-state index is 0.0534. The van der Waals surface area contributed by atoms with Gasteiger partial charge in [0.2, 0.25) is 22.7 Å². The van der Waals surface area contributed by atoms with E-state index in [1.807, 2.05) is 0 Å². The first-order valence-electron chi connectivity index (χ1n) is 10.9. The second-order valence-electron chi connectivity index (χ2n) is 8.21. The summed E-state index contributed by atoms with van der Waals surface area (Å²) in [6, 6.07) is 11.5. The normalized spacial score (nSPS) is 15.7. The van der Waals surface area contributed by atoms with Gasteiger partial charge in [0.1, 0.15) is 6.54 Å². The summed E-state index contributed by atoms with van der Waals surface area (Å²) in [5, 5.41) is 5.73. The summed E-state index contributed by atoms with van der Waals surface area (Å²) < 4.78 is 36.4. The lowest BCUT2D eigenvalue weighted by Gasteiger charge is -2.24. The highest BCUT2D eigenvalue weighted by atomic mass is 32.2. The molecule has 176 valence electrons. The number of anilines is 2. The van der Waals surface area contributed by atoms with Crippen LogP contribution in [-0.2, 0) is 14.8 Å². The average molecular weight is 474 g/mol. The number of benzene rings is 2. The molecule has 0 aromatic heterocycles. The summed E-state index contributed by atoms with van der Waals surface area (Å²) in [7, 11) is -3.77. The van der Waals surface area contributed by atoms with Crippen LogP contribution >= 0.6 is 0 Å². The topological polar surface area (TPSA) is 114 Å². The van der Waals surface area contributed by atoms with E-state index < -0.39 is 22.5 Å². The van der Waals surface area contributed by atoms with Crippen molar-refractivity contribution in [1.82, 2.24) is 5.32 Å². The van der Waals surface area contributed by atoms with Gasteiger partial charge in [0, 0.05) is 12.1 Å². The number of rotatable bonds is 7. The van der Waals surface area contributed by atoms with Gasteiger partial charge in [-0.15, -0.1) is 0 Å². The van der Waals surface area contributed by atoms with Crippen molar-refractivity contribution in [2.24, 2.45) is 0 Å². The zero-order valence-corrected chi connectivity index (χ0v) is 19.2. The third kappa shape index (κ3) is 5.57. The smallest absolute Gasteiger partial charge is 0.253 e. The Hall–Kier alpha value is -3.27. The van der Waals surface area contributed by atoms with E-state index in [0.29, 0.717) is 22.7 Å². The van der Waals surface area contributed by atoms with E-state index in [9.17, 15) is 18.0 Å². The second kappa shape index (κ2) is 9.70. The van der Waals surface area contributed by atoms with Crippen LogP contribution < -0.4 is 24.4 Å². The van der Waals surface area contributed by atoms with Gasteiger partial charge in [0.15, 0.2) is 11.5 Å². The molecule has 4 rings (SSSR count). The van der Waals surface area contributed by atoms with Crippen molar-refractivity contribution in [3.63, 3.8) is 0 Å². The summed E-state index contributed by atoms with van der Waals surface area (Å²) >= 11 is 0. The molecule has 1 fully saturated rings. The Morgan fingerprint density at radius 2 is 1.76 bits per heavy atom. The van der Waals surface area contributed by atoms with Crippen LogP contribution in [0.5, 0.6) is 11.5 Å². The fourth-order valence-corrected chi connectivity index (χ4v) is 4.91. The van der Waals surface area contributed by atoms with E-state index >= 15 is 0 Å². The lowest BCUT2D eigenvalue weighted by atomic mass is 9.95. The van der Waals surface area contributed by atoms with Gasteiger partial charge in [0.05, 0.1) is 23.2 Å². The molecule has 2 aromatic carbocycles. The van der Waals surface area contributed by atoms with Crippen LogP contribution in [0.2, 0.25) is 0 Å². The van der Waals surface area contributed by atoms with Crippen LogP contribution in [0.25, 0.3) is 0 Å². The molecule has 33 heavy (non-hydrogen) atoms. The van der Waals surface area contributed by atoms with Crippen molar-refractivity contribution >= 4 is 33.2 Å². The Kier molecular flexibility index (Phi) is 6.73. The van der Waals surface area contributed by atoms with E-state index in [1.54, 1.807) is 36.4 Å². The minimum Gasteiger partial charge on any atom is -0.454 e. The molecule has 2 aliphatic rings. The van der Waals surface area contributed by atoms with Crippen LogP contribution in [0, 0.1) is 0 Å². The van der Waals surface area contributed by atoms with Crippen molar-refractivity contribution < 1.29 is 27.5 Å². The molecular weight excluding hydrogens is 446 g/mol. The van der Waals surface area contributed by atoms with Gasteiger partial charge < -0.3 is 20.1 Å². The molecule has 0 atom stereocenters. The van der Waals surface area contributed by atoms with Gasteiger partial charge in [-0.25, -0.2) is 8.42 Å². The molecule has 2 aromatic rings. The Bertz CT molecular complexity index is 1140. The molecular formula is C23H27N3O6S. The molecule has 1 aliphatic carbocycles. The van der Waals surface area contributed by atoms with E-state index in [2.05, 4.69) is 10.6 Å². The molecule has 0 unspecified atom stereocenters. The first kappa shape index (κ1) is 22.9. The van der Waals surface area contributed by atoms with Crippen molar-refractivity contribution in [1.29, 1.82) is 0 Å². The number of amides is 2. The van der Waals surface area contributed by atoms with Crippen molar-refractivity contribution in [3.05, 3.63) is 48.0 Å². The highest BCUT2D eigenvalue weighted by Crippen LogP contribution is 2.36. The summed E-state index contributed by atoms with van der Waals surface area (Å²) in [5.74, 6) is 0.0883. The lowest BCUT2D eigenvalue weighted by molar-refractivity contribution is -0.114. The molecule has 0 radical (unpaired) electrons. The zero-order valence-electron chi connectivity index (χ0n) is 18.4. The molecule has 2 N–H and O–H groups in total. The summed E-state index contributed by atoms with van der Waals surface area (Å²) in [6.45, 7) is -0.408. The van der Waals surface area contributed by atoms with Gasteiger partial charge in [0.25, 0.3) is 5.91 Å². The van der Waals surface area contributed by atoms with Crippen LogP contribution in [0.1, 0.15) is 42.5 Å². The number of para-hydroxylation sites is 1. The molecule has 9 nitrogen and oxygen atoms in total. The highest BCUT2D eigenvalue weighted by molar-refractivity contribution is 7.92. The number of nitrogens with zero attached hydrogens (tertiary/aromatic N) is 1. The second-order valence-corrected chi connectivity index (χ2v) is 10.1. The van der Waals surface area contributed by atoms with E-state index in [-0.39, 0.29) is 24.4 Å². The van der Waals surface area contributed by atoms with Gasteiger partial charge in [-0.3, -0.25) is 13.9 Å². The fourth-order valence-electron chi connectivity index (χ4n) is 4.06. The van der Waals surface area contributed by atoms with Crippen molar-refractivity contribution in [2.45, 2.75) is 38.1 Å². The standard InChI is InChI=1S/C23H27N3O6S/c1-33(29,30)26(17-11-12-20-21(13-17)32-15-31-20)14-22(27)25-19-10-6-5-9-18(19)23(28)24-16-7-3-2-4-8-16/h5-6,9-13,16H,2-4,7-8,14-15H2,1H3,(H,24,28)(H,25,27). The first-order chi connectivity index (χ1) is 15.8. The molecule has 10 heteroatoms. The Morgan fingerprint density at radius 1 is 1.03 bits per heavy atom. The lowest BCUT2D eigenvalue weighted by Crippen LogP contribution is -2.38. The highest BCUT2D eigenvalue weighted by Gasteiger charge is 2.25. The van der Waals surface area contributed by atoms with Gasteiger partial charge >= 0.3 is 0 Å². The minimum atomic E-state index is -3.77. The number of carbonyl (C=O) groups excluding carboxylic acids is 2. The quantitative estimate of drug-likeness (QED) is 0.639. The number of nitrogens with one attached hydrogen (secondary N) is 2. The van der Waals surface area contributed by atoms with E-state index in [4.69, 9.17) is 9.47 Å². The maximum absolute atomic E-state index is 12.8. The largest absolute Gasteiger partial charge is 0.454 e. The molecule has 1 aliphatic heterocycles. The average Bonchev–Trinajstić information content (AvgIpc) is 3.25. The molecule has 2 amide bonds. The van der Waals surface area contributed by atoms with Crippen LogP contribution in [0.15, 0.2) is 42.5 Å². The van der Waals surface area contributed by atoms with Crippen LogP contribution in [0.3, 0.4) is 0 Å². The fraction of sp³-hybridized carbons (Fsp3) is 0.391. The zero-order chi connectivity index (χ0) is 23.4. The van der Waals surface area contributed by atoms with Crippen molar-refractivity contribution in [2.75, 3.05) is 29.2 Å². The first-order valence-corrected chi connectivity index (χ1v) is 12.7. The monoisotopic (exact) mass is 473 g/mol. The van der Waals surface area contributed by atoms with Crippen LogP contribution in [0.4, 0.5) is 11.4 Å². The van der Waals surface area contributed by atoms with Gasteiger partial charge in [-0.1, -0.05) is 31.4 Å². The summed E-state index contributed by atoms with van der Waals surface area (Å²) in [6.07, 6.45) is 6.27. The number of fused-ring (bicyclic) bond motifs is 1. The number of hydrogen-bond donors (Lipinski definition) is 2. The SMILES string of the molecule is CS(=O)(=O)N(CC(=O)Nc1ccccc1C(=O)NC1CCCCC1)c1ccc2c(c1)OCO2. The summed E-state index contributed by atoms with van der Waals surface area (Å²) in [4.78, 5) is 25.7. The van der Waals surface area contributed by atoms with E-state index in [0.717, 1.165) is 36.2 Å². The predicted octanol–water partition coefficient (Wildman–Crippen LogP) is 2.88. The third-order valence-corrected chi connectivity index (χ3v) is 6.86. The maximum atomic E-state index is 12.8. The predicted molar refractivity (Wildman–Crippen MR) is 124 cm³/mol. The Balaban J connectivity index is 1.48. The molecule has 0 saturated heterocycles.